The Labute approximate surface area is 134 Å². The number of carbonyl (C=O) groups excluding carboxylic acids is 1. The van der Waals surface area contributed by atoms with Crippen LogP contribution in [0.15, 0.2) is 35.0 Å². The van der Waals surface area contributed by atoms with Gasteiger partial charge in [0.25, 0.3) is 0 Å². The molecule has 2 unspecified atom stereocenters. The van der Waals surface area contributed by atoms with Crippen molar-refractivity contribution in [3.05, 3.63) is 44.8 Å². The molecule has 2 heterocycles. The first-order chi connectivity index (χ1) is 10.1. The fraction of sp³-hybridized carbons (Fsp3) is 0.438. The van der Waals surface area contributed by atoms with Crippen molar-refractivity contribution in [3.8, 4) is 0 Å². The smallest absolute Gasteiger partial charge is 0.237 e. The lowest BCUT2D eigenvalue weighted by Gasteiger charge is -2.22. The van der Waals surface area contributed by atoms with E-state index in [1.54, 1.807) is 22.7 Å². The number of hydrogen-bond donors (Lipinski definition) is 2. The molecule has 2 N–H and O–H groups in total. The Kier molecular flexibility index (Phi) is 5.96. The number of thiophene rings is 2. The van der Waals surface area contributed by atoms with Gasteiger partial charge in [0.15, 0.2) is 0 Å². The van der Waals surface area contributed by atoms with Crippen LogP contribution in [0.5, 0.6) is 0 Å². The van der Waals surface area contributed by atoms with Gasteiger partial charge >= 0.3 is 0 Å². The molecule has 0 saturated heterocycles. The predicted molar refractivity (Wildman–Crippen MR) is 91.0 cm³/mol. The molecule has 3 nitrogen and oxygen atoms in total. The lowest BCUT2D eigenvalue weighted by molar-refractivity contribution is -0.123. The first-order valence-corrected chi connectivity index (χ1v) is 8.94. The van der Waals surface area contributed by atoms with Crippen molar-refractivity contribution in [2.24, 2.45) is 0 Å². The van der Waals surface area contributed by atoms with Crippen LogP contribution >= 0.6 is 22.7 Å². The van der Waals surface area contributed by atoms with E-state index in [2.05, 4.69) is 45.7 Å². The van der Waals surface area contributed by atoms with Crippen molar-refractivity contribution >= 4 is 28.6 Å². The second-order valence-electron chi connectivity index (χ2n) is 5.40. The number of carbonyl (C=O) groups is 1. The topological polar surface area (TPSA) is 41.1 Å². The molecule has 0 aliphatic carbocycles. The zero-order valence-electron chi connectivity index (χ0n) is 12.6. The van der Waals surface area contributed by atoms with Crippen LogP contribution < -0.4 is 10.6 Å². The standard InChI is InChI=1S/C16H22N2OS2/c1-11(2)17-16(19)12(3)18-14(15-7-5-9-21-15)10-13-6-4-8-20-13/h4-9,11-12,14,18H,10H2,1-3H3,(H,17,19). The maximum Gasteiger partial charge on any atom is 0.237 e. The second kappa shape index (κ2) is 7.73. The molecule has 0 radical (unpaired) electrons. The van der Waals surface area contributed by atoms with Crippen LogP contribution in [0.1, 0.15) is 36.6 Å². The van der Waals surface area contributed by atoms with E-state index in [-0.39, 0.29) is 24.0 Å². The molecule has 21 heavy (non-hydrogen) atoms. The van der Waals surface area contributed by atoms with Gasteiger partial charge in [-0.05, 0) is 43.7 Å². The third-order valence-corrected chi connectivity index (χ3v) is 5.03. The van der Waals surface area contributed by atoms with Crippen LogP contribution in [-0.4, -0.2) is 18.0 Å². The summed E-state index contributed by atoms with van der Waals surface area (Å²) in [4.78, 5) is 14.7. The number of nitrogens with one attached hydrogen (secondary N) is 2. The minimum atomic E-state index is -0.209. The average molecular weight is 322 g/mol. The summed E-state index contributed by atoms with van der Waals surface area (Å²) in [7, 11) is 0. The minimum absolute atomic E-state index is 0.0535. The van der Waals surface area contributed by atoms with E-state index in [0.717, 1.165) is 6.42 Å². The minimum Gasteiger partial charge on any atom is -0.353 e. The van der Waals surface area contributed by atoms with Crippen LogP contribution in [0.4, 0.5) is 0 Å². The van der Waals surface area contributed by atoms with Crippen molar-refractivity contribution in [2.75, 3.05) is 0 Å². The second-order valence-corrected chi connectivity index (χ2v) is 7.41. The molecule has 2 rings (SSSR count). The largest absolute Gasteiger partial charge is 0.353 e. The maximum absolute atomic E-state index is 12.1. The average Bonchev–Trinajstić information content (AvgIpc) is 3.10. The fourth-order valence-corrected chi connectivity index (χ4v) is 3.69. The van der Waals surface area contributed by atoms with Gasteiger partial charge in [-0.15, -0.1) is 22.7 Å². The fourth-order valence-electron chi connectivity index (χ4n) is 2.15. The van der Waals surface area contributed by atoms with E-state index in [0.29, 0.717) is 0 Å². The lowest BCUT2D eigenvalue weighted by atomic mass is 10.1. The van der Waals surface area contributed by atoms with Crippen molar-refractivity contribution in [1.29, 1.82) is 0 Å². The number of rotatable bonds is 7. The highest BCUT2D eigenvalue weighted by Crippen LogP contribution is 2.25. The van der Waals surface area contributed by atoms with Crippen LogP contribution in [0, 0.1) is 0 Å². The molecule has 5 heteroatoms. The van der Waals surface area contributed by atoms with Crippen molar-refractivity contribution < 1.29 is 4.79 Å². The summed E-state index contributed by atoms with van der Waals surface area (Å²) in [5.41, 5.74) is 0. The monoisotopic (exact) mass is 322 g/mol. The molecule has 114 valence electrons. The molecule has 0 saturated carbocycles. The summed E-state index contributed by atoms with van der Waals surface area (Å²) in [5, 5.41) is 10.6. The highest BCUT2D eigenvalue weighted by atomic mass is 32.1. The van der Waals surface area contributed by atoms with Gasteiger partial charge in [-0.25, -0.2) is 0 Å². The maximum atomic E-state index is 12.1. The third-order valence-electron chi connectivity index (χ3n) is 3.15. The lowest BCUT2D eigenvalue weighted by Crippen LogP contribution is -2.46. The molecule has 0 aromatic carbocycles. The van der Waals surface area contributed by atoms with E-state index < -0.39 is 0 Å². The van der Waals surface area contributed by atoms with Crippen LogP contribution in [0.2, 0.25) is 0 Å². The molecule has 0 bridgehead atoms. The van der Waals surface area contributed by atoms with E-state index in [4.69, 9.17) is 0 Å². The molecule has 2 atom stereocenters. The zero-order valence-corrected chi connectivity index (χ0v) is 14.3. The van der Waals surface area contributed by atoms with Crippen molar-refractivity contribution in [3.63, 3.8) is 0 Å². The van der Waals surface area contributed by atoms with Crippen LogP contribution in [0.3, 0.4) is 0 Å². The van der Waals surface area contributed by atoms with Gasteiger partial charge in [0.2, 0.25) is 5.91 Å². The normalized spacial score (nSPS) is 14.1. The molecule has 0 spiro atoms. The molecule has 2 aromatic heterocycles. The van der Waals surface area contributed by atoms with E-state index >= 15 is 0 Å². The van der Waals surface area contributed by atoms with E-state index in [1.165, 1.54) is 9.75 Å². The van der Waals surface area contributed by atoms with Gasteiger partial charge in [0.05, 0.1) is 6.04 Å². The van der Waals surface area contributed by atoms with Gasteiger partial charge in [-0.1, -0.05) is 12.1 Å². The van der Waals surface area contributed by atoms with Gasteiger partial charge in [0, 0.05) is 28.3 Å². The summed E-state index contributed by atoms with van der Waals surface area (Å²) in [6, 6.07) is 8.53. The summed E-state index contributed by atoms with van der Waals surface area (Å²) in [6.07, 6.45) is 0.914. The highest BCUT2D eigenvalue weighted by Gasteiger charge is 2.21. The van der Waals surface area contributed by atoms with Gasteiger partial charge in [-0.3, -0.25) is 10.1 Å². The SMILES string of the molecule is CC(C)NC(=O)C(C)NC(Cc1cccs1)c1cccs1. The Morgan fingerprint density at radius 2 is 1.86 bits per heavy atom. The molecular formula is C16H22N2OS2. The van der Waals surface area contributed by atoms with E-state index in [1.807, 2.05) is 20.8 Å². The Bertz CT molecular complexity index is 535. The Morgan fingerprint density at radius 3 is 2.43 bits per heavy atom. The Morgan fingerprint density at radius 1 is 1.14 bits per heavy atom. The number of amides is 1. The molecule has 0 fully saturated rings. The van der Waals surface area contributed by atoms with Crippen molar-refractivity contribution in [1.82, 2.24) is 10.6 Å². The predicted octanol–water partition coefficient (Wildman–Crippen LogP) is 3.60. The molecule has 1 amide bonds. The molecule has 2 aromatic rings. The first-order valence-electron chi connectivity index (χ1n) is 7.18. The van der Waals surface area contributed by atoms with Crippen LogP contribution in [0.25, 0.3) is 0 Å². The van der Waals surface area contributed by atoms with Gasteiger partial charge in [0.1, 0.15) is 0 Å². The Balaban J connectivity index is 2.04. The summed E-state index contributed by atoms with van der Waals surface area (Å²) >= 11 is 3.49. The van der Waals surface area contributed by atoms with Crippen molar-refractivity contribution in [2.45, 2.75) is 45.3 Å². The van der Waals surface area contributed by atoms with E-state index in [9.17, 15) is 4.79 Å². The zero-order chi connectivity index (χ0) is 15.2. The van der Waals surface area contributed by atoms with Gasteiger partial charge in [-0.2, -0.15) is 0 Å². The Hall–Kier alpha value is -1.17. The summed E-state index contributed by atoms with van der Waals surface area (Å²) in [5.74, 6) is 0.0535. The molecule has 0 aliphatic heterocycles. The molecule has 0 aliphatic rings. The number of hydrogen-bond acceptors (Lipinski definition) is 4. The molecular weight excluding hydrogens is 300 g/mol. The third kappa shape index (κ3) is 4.95. The highest BCUT2D eigenvalue weighted by molar-refractivity contribution is 7.10. The first kappa shape index (κ1) is 16.2. The quantitative estimate of drug-likeness (QED) is 0.818. The van der Waals surface area contributed by atoms with Gasteiger partial charge < -0.3 is 5.32 Å². The summed E-state index contributed by atoms with van der Waals surface area (Å²) < 4.78 is 0. The summed E-state index contributed by atoms with van der Waals surface area (Å²) in [6.45, 7) is 5.88. The van der Waals surface area contributed by atoms with Crippen LogP contribution in [-0.2, 0) is 11.2 Å².